The van der Waals surface area contributed by atoms with Crippen molar-refractivity contribution in [1.29, 1.82) is 0 Å². The average molecular weight is 434 g/mol. The summed E-state index contributed by atoms with van der Waals surface area (Å²) in [4.78, 5) is 27.7. The van der Waals surface area contributed by atoms with Gasteiger partial charge >= 0.3 is 0 Å². The predicted octanol–water partition coefficient (Wildman–Crippen LogP) is 4.75. The zero-order valence-corrected chi connectivity index (χ0v) is 17.9. The number of halogens is 1. The number of hydrogen-bond acceptors (Lipinski definition) is 5. The van der Waals surface area contributed by atoms with E-state index in [1.165, 1.54) is 0 Å². The van der Waals surface area contributed by atoms with Crippen LogP contribution >= 0.6 is 11.6 Å². The number of aryl methyl sites for hydroxylation is 1. The summed E-state index contributed by atoms with van der Waals surface area (Å²) >= 11 is 6.40. The van der Waals surface area contributed by atoms with Crippen molar-refractivity contribution in [2.24, 2.45) is 0 Å². The molecule has 3 heterocycles. The lowest BCUT2D eigenvalue weighted by Crippen LogP contribution is -2.20. The van der Waals surface area contributed by atoms with Gasteiger partial charge in [-0.15, -0.1) is 0 Å². The van der Waals surface area contributed by atoms with Gasteiger partial charge in [-0.2, -0.15) is 0 Å². The largest absolute Gasteiger partial charge is 0.495 e. The van der Waals surface area contributed by atoms with Crippen LogP contribution in [0.5, 0.6) is 5.75 Å². The van der Waals surface area contributed by atoms with Gasteiger partial charge in [-0.25, -0.2) is 15.0 Å². The van der Waals surface area contributed by atoms with Crippen LogP contribution in [0.15, 0.2) is 53.6 Å². The minimum atomic E-state index is -0.119. The van der Waals surface area contributed by atoms with Crippen molar-refractivity contribution >= 4 is 44.8 Å². The third-order valence-corrected chi connectivity index (χ3v) is 5.67. The third kappa shape index (κ3) is 3.13. The molecular weight excluding hydrogens is 414 g/mol. The zero-order valence-electron chi connectivity index (χ0n) is 17.2. The van der Waals surface area contributed by atoms with Crippen molar-refractivity contribution in [2.45, 2.75) is 26.3 Å². The molecule has 0 spiro atoms. The Hall–Kier alpha value is -3.45. The molecule has 0 saturated carbocycles. The van der Waals surface area contributed by atoms with Gasteiger partial charge in [-0.05, 0) is 36.8 Å². The van der Waals surface area contributed by atoms with Crippen LogP contribution in [0.2, 0.25) is 5.02 Å². The number of benzene rings is 2. The molecule has 7 nitrogen and oxygen atoms in total. The summed E-state index contributed by atoms with van der Waals surface area (Å²) in [6.45, 7) is 2.70. The van der Waals surface area contributed by atoms with Gasteiger partial charge in [0.05, 0.1) is 35.2 Å². The minimum absolute atomic E-state index is 0.119. The van der Waals surface area contributed by atoms with E-state index in [-0.39, 0.29) is 5.56 Å². The number of methoxy groups -OCH3 is 1. The summed E-state index contributed by atoms with van der Waals surface area (Å²) < 4.78 is 8.76. The smallest absolute Gasteiger partial charge is 0.265 e. The van der Waals surface area contributed by atoms with E-state index in [0.29, 0.717) is 39.5 Å². The molecule has 0 aliphatic carbocycles. The predicted molar refractivity (Wildman–Crippen MR) is 122 cm³/mol. The number of rotatable bonds is 5. The van der Waals surface area contributed by atoms with Crippen molar-refractivity contribution in [3.05, 3.63) is 64.2 Å². The van der Waals surface area contributed by atoms with Gasteiger partial charge in [0.25, 0.3) is 5.56 Å². The van der Waals surface area contributed by atoms with Gasteiger partial charge in [0.2, 0.25) is 0 Å². The van der Waals surface area contributed by atoms with E-state index in [9.17, 15) is 4.79 Å². The normalized spacial score (nSPS) is 11.6. The molecule has 156 valence electrons. The Morgan fingerprint density at radius 3 is 2.55 bits per heavy atom. The van der Waals surface area contributed by atoms with E-state index < -0.39 is 0 Å². The number of aromatic nitrogens is 5. The standard InChI is InChI=1S/C23H20ClN5O2/c1-3-4-11-28-13-25-21-19(23(28)30)20-22(27-17-8-6-5-7-16(17)26-20)29(21)14-9-10-18(31-2)15(24)12-14/h5-10,12-13H,3-4,11H2,1-2H3. The Kier molecular flexibility index (Phi) is 4.82. The topological polar surface area (TPSA) is 74.8 Å². The van der Waals surface area contributed by atoms with Crippen molar-refractivity contribution in [3.8, 4) is 11.4 Å². The van der Waals surface area contributed by atoms with Crippen molar-refractivity contribution < 1.29 is 4.74 Å². The summed E-state index contributed by atoms with van der Waals surface area (Å²) in [5.74, 6) is 0.567. The molecule has 0 fully saturated rings. The third-order valence-electron chi connectivity index (χ3n) is 5.38. The summed E-state index contributed by atoms with van der Waals surface area (Å²) in [7, 11) is 1.57. The Labute approximate surface area is 182 Å². The number of ether oxygens (including phenoxy) is 1. The first kappa shape index (κ1) is 19.5. The van der Waals surface area contributed by atoms with Crippen LogP contribution in [-0.4, -0.2) is 31.2 Å². The van der Waals surface area contributed by atoms with E-state index in [2.05, 4.69) is 11.9 Å². The molecule has 0 aliphatic rings. The Morgan fingerprint density at radius 1 is 1.06 bits per heavy atom. The van der Waals surface area contributed by atoms with Gasteiger partial charge in [0.15, 0.2) is 11.3 Å². The number of hydrogen-bond donors (Lipinski definition) is 0. The maximum Gasteiger partial charge on any atom is 0.265 e. The first-order valence-corrected chi connectivity index (χ1v) is 10.5. The average Bonchev–Trinajstić information content (AvgIpc) is 3.10. The molecule has 5 rings (SSSR count). The molecule has 0 atom stereocenters. The number of nitrogens with zero attached hydrogens (tertiary/aromatic N) is 5. The Morgan fingerprint density at radius 2 is 1.84 bits per heavy atom. The molecule has 0 unspecified atom stereocenters. The molecule has 3 aromatic heterocycles. The van der Waals surface area contributed by atoms with E-state index in [4.69, 9.17) is 26.3 Å². The molecule has 5 aromatic rings. The number of unbranched alkanes of at least 4 members (excludes halogenated alkanes) is 1. The fourth-order valence-electron chi connectivity index (χ4n) is 3.80. The number of para-hydroxylation sites is 2. The van der Waals surface area contributed by atoms with Gasteiger partial charge in [0, 0.05) is 6.54 Å². The van der Waals surface area contributed by atoms with Gasteiger partial charge in [0.1, 0.15) is 16.7 Å². The second-order valence-corrected chi connectivity index (χ2v) is 7.74. The van der Waals surface area contributed by atoms with Crippen LogP contribution in [0.3, 0.4) is 0 Å². The van der Waals surface area contributed by atoms with E-state index in [1.807, 2.05) is 34.9 Å². The second kappa shape index (κ2) is 7.67. The molecule has 0 bridgehead atoms. The first-order chi connectivity index (χ1) is 15.1. The van der Waals surface area contributed by atoms with E-state index >= 15 is 0 Å². The second-order valence-electron chi connectivity index (χ2n) is 7.33. The fourth-order valence-corrected chi connectivity index (χ4v) is 4.05. The van der Waals surface area contributed by atoms with E-state index in [0.717, 1.165) is 29.6 Å². The van der Waals surface area contributed by atoms with Crippen LogP contribution in [-0.2, 0) is 6.54 Å². The van der Waals surface area contributed by atoms with Crippen molar-refractivity contribution in [3.63, 3.8) is 0 Å². The SMILES string of the molecule is CCCCn1cnc2c(c1=O)c1nc3ccccc3nc1n2-c1ccc(OC)c(Cl)c1. The summed E-state index contributed by atoms with van der Waals surface area (Å²) in [5.41, 5.74) is 3.68. The van der Waals surface area contributed by atoms with E-state index in [1.54, 1.807) is 30.1 Å². The Balaban J connectivity index is 1.90. The van der Waals surface area contributed by atoms with Crippen LogP contribution in [0.25, 0.3) is 38.9 Å². The molecule has 2 aromatic carbocycles. The number of fused-ring (bicyclic) bond motifs is 4. The van der Waals surface area contributed by atoms with Crippen LogP contribution < -0.4 is 10.3 Å². The molecule has 0 saturated heterocycles. The van der Waals surface area contributed by atoms with Crippen LogP contribution in [0.1, 0.15) is 19.8 Å². The molecule has 0 radical (unpaired) electrons. The monoisotopic (exact) mass is 433 g/mol. The lowest BCUT2D eigenvalue weighted by atomic mass is 10.3. The highest BCUT2D eigenvalue weighted by Crippen LogP contribution is 2.32. The molecule has 0 aliphatic heterocycles. The molecule has 0 N–H and O–H groups in total. The molecule has 8 heteroatoms. The lowest BCUT2D eigenvalue weighted by molar-refractivity contribution is 0.415. The quantitative estimate of drug-likeness (QED) is 0.400. The molecule has 31 heavy (non-hydrogen) atoms. The molecule has 0 amide bonds. The van der Waals surface area contributed by atoms with Gasteiger partial charge in [-0.3, -0.25) is 13.9 Å². The maximum atomic E-state index is 13.4. The maximum absolute atomic E-state index is 13.4. The van der Waals surface area contributed by atoms with Crippen LogP contribution in [0, 0.1) is 0 Å². The molecular formula is C23H20ClN5O2. The van der Waals surface area contributed by atoms with Gasteiger partial charge in [-0.1, -0.05) is 37.1 Å². The van der Waals surface area contributed by atoms with Crippen molar-refractivity contribution in [1.82, 2.24) is 24.1 Å². The highest BCUT2D eigenvalue weighted by Gasteiger charge is 2.21. The first-order valence-electron chi connectivity index (χ1n) is 10.1. The van der Waals surface area contributed by atoms with Gasteiger partial charge < -0.3 is 4.74 Å². The fraction of sp³-hybridized carbons (Fsp3) is 0.217. The minimum Gasteiger partial charge on any atom is -0.495 e. The van der Waals surface area contributed by atoms with Crippen LogP contribution in [0.4, 0.5) is 0 Å². The lowest BCUT2D eigenvalue weighted by Gasteiger charge is -2.10. The highest BCUT2D eigenvalue weighted by molar-refractivity contribution is 6.32. The summed E-state index contributed by atoms with van der Waals surface area (Å²) in [5, 5.41) is 0.916. The highest BCUT2D eigenvalue weighted by atomic mass is 35.5. The van der Waals surface area contributed by atoms with Crippen molar-refractivity contribution in [2.75, 3.05) is 7.11 Å². The summed E-state index contributed by atoms with van der Waals surface area (Å²) in [6.07, 6.45) is 3.48. The zero-order chi connectivity index (χ0) is 21.5. The Bertz CT molecular complexity index is 1510. The summed E-state index contributed by atoms with van der Waals surface area (Å²) in [6, 6.07) is 13.0.